The molecule has 0 saturated heterocycles. The monoisotopic (exact) mass is 350 g/mol. The lowest BCUT2D eigenvalue weighted by Crippen LogP contribution is -2.25. The van der Waals surface area contributed by atoms with Crippen LogP contribution in [0.1, 0.15) is 28.5 Å². The van der Waals surface area contributed by atoms with Crippen LogP contribution in [0.5, 0.6) is 0 Å². The van der Waals surface area contributed by atoms with Crippen LogP contribution in [0, 0.1) is 6.92 Å². The van der Waals surface area contributed by atoms with Gasteiger partial charge in [0.1, 0.15) is 0 Å². The molecule has 0 unspecified atom stereocenters. The predicted molar refractivity (Wildman–Crippen MR) is 83.0 cm³/mol. The molecule has 0 N–H and O–H groups in total. The summed E-state index contributed by atoms with van der Waals surface area (Å²) >= 11 is 3.41. The van der Waals surface area contributed by atoms with Gasteiger partial charge in [-0.15, -0.1) is 0 Å². The Kier molecular flexibility index (Phi) is 4.57. The highest BCUT2D eigenvalue weighted by Crippen LogP contribution is 2.19. The van der Waals surface area contributed by atoms with Gasteiger partial charge in [0, 0.05) is 16.2 Å². The van der Waals surface area contributed by atoms with Gasteiger partial charge in [-0.25, -0.2) is 9.48 Å². The van der Waals surface area contributed by atoms with Crippen molar-refractivity contribution in [2.75, 3.05) is 7.11 Å². The van der Waals surface area contributed by atoms with Gasteiger partial charge in [0.05, 0.1) is 12.8 Å². The summed E-state index contributed by atoms with van der Waals surface area (Å²) in [4.78, 5) is 23.9. The molecule has 21 heavy (non-hydrogen) atoms. The highest BCUT2D eigenvalue weighted by Gasteiger charge is 2.17. The maximum absolute atomic E-state index is 12.1. The molecule has 0 spiro atoms. The maximum Gasteiger partial charge on any atom is 0.362 e. The molecule has 110 valence electrons. The summed E-state index contributed by atoms with van der Waals surface area (Å²) in [5.74, 6) is -0.725. The fourth-order valence-electron chi connectivity index (χ4n) is 1.98. The molecular weight excluding hydrogens is 336 g/mol. The molecule has 0 saturated carbocycles. The van der Waals surface area contributed by atoms with Crippen molar-refractivity contribution in [3.63, 3.8) is 0 Å². The third-order valence-electron chi connectivity index (χ3n) is 3.17. The van der Waals surface area contributed by atoms with Gasteiger partial charge in [-0.2, -0.15) is 5.10 Å². The Hall–Kier alpha value is -1.95. The van der Waals surface area contributed by atoms with E-state index in [-0.39, 0.29) is 11.1 Å². The Morgan fingerprint density at radius 1 is 1.43 bits per heavy atom. The quantitative estimate of drug-likeness (QED) is 0.798. The van der Waals surface area contributed by atoms with Gasteiger partial charge in [-0.05, 0) is 31.0 Å². The molecule has 0 fully saturated rings. The van der Waals surface area contributed by atoms with Crippen LogP contribution in [0.4, 0.5) is 0 Å². The lowest BCUT2D eigenvalue weighted by molar-refractivity contribution is 0.0590. The van der Waals surface area contributed by atoms with E-state index in [4.69, 9.17) is 0 Å². The number of carbonyl (C=O) groups is 1. The lowest BCUT2D eigenvalue weighted by Gasteiger charge is -2.12. The fourth-order valence-corrected chi connectivity index (χ4v) is 2.32. The van der Waals surface area contributed by atoms with Gasteiger partial charge in [-0.3, -0.25) is 4.79 Å². The van der Waals surface area contributed by atoms with Crippen LogP contribution in [0.3, 0.4) is 0 Å². The predicted octanol–water partition coefficient (Wildman–Crippen LogP) is 2.65. The van der Waals surface area contributed by atoms with Crippen molar-refractivity contribution in [3.05, 3.63) is 55.9 Å². The second kappa shape index (κ2) is 6.22. The zero-order valence-corrected chi connectivity index (χ0v) is 13.6. The molecule has 0 aliphatic heterocycles. The lowest BCUT2D eigenvalue weighted by atomic mass is 10.1. The van der Waals surface area contributed by atoms with Gasteiger partial charge < -0.3 is 4.74 Å². The number of halogens is 1. The van der Waals surface area contributed by atoms with Crippen LogP contribution in [0.25, 0.3) is 5.69 Å². The first-order valence-corrected chi connectivity index (χ1v) is 7.25. The molecule has 1 aromatic carbocycles. The van der Waals surface area contributed by atoms with Crippen LogP contribution in [-0.2, 0) is 11.2 Å². The number of benzene rings is 1. The van der Waals surface area contributed by atoms with Crippen molar-refractivity contribution in [2.24, 2.45) is 0 Å². The van der Waals surface area contributed by atoms with E-state index < -0.39 is 5.97 Å². The van der Waals surface area contributed by atoms with Crippen molar-refractivity contribution < 1.29 is 9.53 Å². The number of hydrogen-bond donors (Lipinski definition) is 0. The molecule has 2 rings (SSSR count). The Balaban J connectivity index is 2.72. The summed E-state index contributed by atoms with van der Waals surface area (Å²) < 4.78 is 7.08. The number of ether oxygens (including phenoxy) is 1. The molecule has 5 nitrogen and oxygen atoms in total. The minimum atomic E-state index is -0.725. The van der Waals surface area contributed by atoms with Gasteiger partial charge >= 0.3 is 5.97 Å². The third-order valence-corrected chi connectivity index (χ3v) is 3.66. The molecule has 1 heterocycles. The molecule has 6 heteroatoms. The number of nitrogens with zero attached hydrogens (tertiary/aromatic N) is 2. The highest BCUT2D eigenvalue weighted by atomic mass is 79.9. The molecular formula is C15H15BrN2O3. The first-order chi connectivity index (χ1) is 9.97. The number of hydrogen-bond acceptors (Lipinski definition) is 4. The van der Waals surface area contributed by atoms with Crippen molar-refractivity contribution in [1.29, 1.82) is 0 Å². The highest BCUT2D eigenvalue weighted by molar-refractivity contribution is 9.10. The van der Waals surface area contributed by atoms with E-state index in [1.807, 2.05) is 32.0 Å². The summed E-state index contributed by atoms with van der Waals surface area (Å²) in [6.45, 7) is 3.79. The van der Waals surface area contributed by atoms with Crippen LogP contribution >= 0.6 is 15.9 Å². The molecule has 0 bridgehead atoms. The number of methoxy groups -OCH3 is 1. The van der Waals surface area contributed by atoms with Gasteiger partial charge in [-0.1, -0.05) is 28.9 Å². The van der Waals surface area contributed by atoms with Gasteiger partial charge in [0.25, 0.3) is 0 Å². The van der Waals surface area contributed by atoms with Crippen molar-refractivity contribution >= 4 is 21.9 Å². The van der Waals surface area contributed by atoms with Crippen molar-refractivity contribution in [1.82, 2.24) is 9.78 Å². The van der Waals surface area contributed by atoms with Crippen molar-refractivity contribution in [2.45, 2.75) is 20.3 Å². The van der Waals surface area contributed by atoms with Gasteiger partial charge in [0.2, 0.25) is 11.1 Å². The van der Waals surface area contributed by atoms with E-state index in [1.54, 1.807) is 10.9 Å². The van der Waals surface area contributed by atoms with Crippen LogP contribution in [-0.4, -0.2) is 22.9 Å². The molecule has 0 aliphatic carbocycles. The Morgan fingerprint density at radius 2 is 2.14 bits per heavy atom. The topological polar surface area (TPSA) is 61.2 Å². The van der Waals surface area contributed by atoms with E-state index >= 15 is 0 Å². The van der Waals surface area contributed by atoms with E-state index in [2.05, 4.69) is 25.8 Å². The first-order valence-electron chi connectivity index (χ1n) is 6.45. The number of aryl methyl sites for hydroxylation is 2. The SMILES string of the molecule is CCc1cn(-c2cc(Br)ccc2C)nc(C(=O)OC)c1=O. The van der Waals surface area contributed by atoms with Crippen LogP contribution < -0.4 is 5.43 Å². The molecule has 0 radical (unpaired) electrons. The standard InChI is InChI=1S/C15H15BrN2O3/c1-4-10-8-18(12-7-11(16)6-5-9(12)2)17-13(14(10)19)15(20)21-3/h5-8H,4H2,1-3H3. The smallest absolute Gasteiger partial charge is 0.362 e. The Bertz CT molecular complexity index is 753. The minimum absolute atomic E-state index is 0.198. The average Bonchev–Trinajstić information content (AvgIpc) is 2.49. The van der Waals surface area contributed by atoms with Crippen LogP contribution in [0.2, 0.25) is 0 Å². The summed E-state index contributed by atoms with van der Waals surface area (Å²) in [6.07, 6.45) is 2.17. The summed E-state index contributed by atoms with van der Waals surface area (Å²) in [5.41, 5.74) is 1.71. The first kappa shape index (κ1) is 15.4. The summed E-state index contributed by atoms with van der Waals surface area (Å²) in [6, 6.07) is 5.74. The van der Waals surface area contributed by atoms with E-state index in [1.165, 1.54) is 7.11 Å². The fraction of sp³-hybridized carbons (Fsp3) is 0.267. The zero-order chi connectivity index (χ0) is 15.6. The summed E-state index contributed by atoms with van der Waals surface area (Å²) in [7, 11) is 1.23. The number of aromatic nitrogens is 2. The van der Waals surface area contributed by atoms with Crippen LogP contribution in [0.15, 0.2) is 33.7 Å². The molecule has 0 aliphatic rings. The average molecular weight is 351 g/mol. The van der Waals surface area contributed by atoms with E-state index in [9.17, 15) is 9.59 Å². The number of esters is 1. The largest absolute Gasteiger partial charge is 0.464 e. The second-order valence-electron chi connectivity index (χ2n) is 4.55. The zero-order valence-electron chi connectivity index (χ0n) is 12.0. The molecule has 0 amide bonds. The maximum atomic E-state index is 12.1. The third kappa shape index (κ3) is 3.05. The second-order valence-corrected chi connectivity index (χ2v) is 5.47. The summed E-state index contributed by atoms with van der Waals surface area (Å²) in [5, 5.41) is 4.13. The normalized spacial score (nSPS) is 10.5. The Morgan fingerprint density at radius 3 is 2.76 bits per heavy atom. The molecule has 2 aromatic rings. The van der Waals surface area contributed by atoms with Gasteiger partial charge in [0.15, 0.2) is 0 Å². The van der Waals surface area contributed by atoms with Crippen molar-refractivity contribution in [3.8, 4) is 5.69 Å². The molecule has 0 atom stereocenters. The minimum Gasteiger partial charge on any atom is -0.464 e. The number of carbonyl (C=O) groups excluding carboxylic acids is 1. The Labute approximate surface area is 130 Å². The van der Waals surface area contributed by atoms with E-state index in [0.29, 0.717) is 12.0 Å². The van der Waals surface area contributed by atoms with E-state index in [0.717, 1.165) is 15.7 Å². The molecule has 1 aromatic heterocycles. The number of rotatable bonds is 3.